The number of nitrogens with zero attached hydrogens (tertiary/aromatic N) is 2. The van der Waals surface area contributed by atoms with Crippen molar-refractivity contribution in [1.82, 2.24) is 4.90 Å². The van der Waals surface area contributed by atoms with Crippen molar-refractivity contribution in [3.05, 3.63) is 65.7 Å². The third-order valence-corrected chi connectivity index (χ3v) is 6.54. The molecule has 0 bridgehead atoms. The van der Waals surface area contributed by atoms with E-state index >= 15 is 0 Å². The van der Waals surface area contributed by atoms with Gasteiger partial charge < -0.3 is 4.74 Å². The smallest absolute Gasteiger partial charge is 0.338 e. The lowest BCUT2D eigenvalue weighted by Gasteiger charge is -2.41. The highest BCUT2D eigenvalue weighted by Crippen LogP contribution is 2.32. The molecule has 2 saturated heterocycles. The van der Waals surface area contributed by atoms with Crippen molar-refractivity contribution in [3.63, 3.8) is 0 Å². The second kappa shape index (κ2) is 9.67. The molecule has 2 aliphatic heterocycles. The Morgan fingerprint density at radius 3 is 2.18 bits per heavy atom. The van der Waals surface area contributed by atoms with E-state index in [2.05, 4.69) is 18.7 Å². The zero-order chi connectivity index (χ0) is 23.5. The molecule has 0 radical (unpaired) electrons. The molecule has 7 nitrogen and oxygen atoms in total. The van der Waals surface area contributed by atoms with Gasteiger partial charge in [-0.3, -0.25) is 19.3 Å². The van der Waals surface area contributed by atoms with Gasteiger partial charge in [0.15, 0.2) is 12.4 Å². The third-order valence-electron chi connectivity index (χ3n) is 6.54. The van der Waals surface area contributed by atoms with E-state index in [1.165, 1.54) is 17.0 Å². The molecule has 0 saturated carbocycles. The third kappa shape index (κ3) is 4.73. The Balaban J connectivity index is 1.41. The topological polar surface area (TPSA) is 84.0 Å². The number of rotatable bonds is 6. The molecule has 7 heteroatoms. The minimum absolute atomic E-state index is 0.166. The maximum Gasteiger partial charge on any atom is 0.338 e. The number of likely N-dealkylation sites (tertiary alicyclic amines) is 1. The van der Waals surface area contributed by atoms with Crippen LogP contribution in [0.4, 0.5) is 5.69 Å². The van der Waals surface area contributed by atoms with Crippen LogP contribution in [0.15, 0.2) is 54.6 Å². The number of imide groups is 1. The number of amides is 2. The summed E-state index contributed by atoms with van der Waals surface area (Å²) in [5, 5.41) is 0. The van der Waals surface area contributed by atoms with Crippen LogP contribution in [0.25, 0.3) is 0 Å². The summed E-state index contributed by atoms with van der Waals surface area (Å²) in [6, 6.07) is 14.8. The second-order valence-corrected chi connectivity index (χ2v) is 8.78. The van der Waals surface area contributed by atoms with E-state index in [0.29, 0.717) is 11.3 Å². The fraction of sp³-hybridized carbons (Fsp3) is 0.385. The number of ketones is 1. The van der Waals surface area contributed by atoms with Crippen molar-refractivity contribution in [2.75, 3.05) is 11.5 Å². The molecule has 172 valence electrons. The first kappa shape index (κ1) is 22.9. The number of esters is 1. The van der Waals surface area contributed by atoms with Gasteiger partial charge >= 0.3 is 5.97 Å². The quantitative estimate of drug-likeness (QED) is 0.381. The molecule has 1 unspecified atom stereocenters. The molecule has 0 aromatic heterocycles. The number of hydrogen-bond donors (Lipinski definition) is 0. The van der Waals surface area contributed by atoms with Crippen LogP contribution in [-0.2, 0) is 14.3 Å². The molecule has 0 aliphatic carbocycles. The molecular weight excluding hydrogens is 420 g/mol. The Morgan fingerprint density at radius 1 is 0.909 bits per heavy atom. The van der Waals surface area contributed by atoms with Crippen LogP contribution in [-0.4, -0.2) is 53.2 Å². The Morgan fingerprint density at radius 2 is 1.55 bits per heavy atom. The standard InChI is InChI=1S/C26H28N2O5/c1-17-7-6-8-18(2)27(17)22-15-24(30)28(25(22)31)21-13-11-20(12-14-21)26(32)33-16-23(29)19-9-4-3-5-10-19/h3-5,9-14,17-18,22H,6-8,15-16H2,1-2H3/t17-,18+,22?. The Hall–Kier alpha value is -3.32. The van der Waals surface area contributed by atoms with E-state index in [4.69, 9.17) is 4.74 Å². The second-order valence-electron chi connectivity index (χ2n) is 8.78. The van der Waals surface area contributed by atoms with Crippen LogP contribution in [0.3, 0.4) is 0 Å². The fourth-order valence-corrected chi connectivity index (χ4v) is 4.84. The van der Waals surface area contributed by atoms with E-state index in [0.717, 1.165) is 19.3 Å². The number of anilines is 1. The van der Waals surface area contributed by atoms with Gasteiger partial charge in [0.05, 0.1) is 23.7 Å². The van der Waals surface area contributed by atoms with E-state index < -0.39 is 12.0 Å². The first-order chi connectivity index (χ1) is 15.9. The molecule has 2 amide bonds. The maximum absolute atomic E-state index is 13.2. The number of benzene rings is 2. The lowest BCUT2D eigenvalue weighted by atomic mass is 9.94. The van der Waals surface area contributed by atoms with Crippen molar-refractivity contribution < 1.29 is 23.9 Å². The van der Waals surface area contributed by atoms with Crippen LogP contribution in [0, 0.1) is 0 Å². The lowest BCUT2D eigenvalue weighted by Crippen LogP contribution is -2.52. The largest absolute Gasteiger partial charge is 0.454 e. The number of carbonyl (C=O) groups excluding carboxylic acids is 4. The molecule has 2 aliphatic rings. The predicted octanol–water partition coefficient (Wildman–Crippen LogP) is 3.62. The number of ether oxygens (including phenoxy) is 1. The molecule has 3 atom stereocenters. The molecule has 4 rings (SSSR count). The summed E-state index contributed by atoms with van der Waals surface area (Å²) in [4.78, 5) is 53.8. The van der Waals surface area contributed by atoms with Gasteiger partial charge in [0, 0.05) is 17.6 Å². The number of Topliss-reactive ketones (excluding diaryl/α,β-unsaturated/α-hetero) is 1. The lowest BCUT2D eigenvalue weighted by molar-refractivity contribution is -0.124. The molecule has 0 spiro atoms. The normalized spacial score (nSPS) is 23.6. The molecule has 0 N–H and O–H groups in total. The highest BCUT2D eigenvalue weighted by molar-refractivity contribution is 6.22. The highest BCUT2D eigenvalue weighted by atomic mass is 16.5. The molecular formula is C26H28N2O5. The minimum Gasteiger partial charge on any atom is -0.454 e. The van der Waals surface area contributed by atoms with Gasteiger partial charge in [0.2, 0.25) is 5.91 Å². The maximum atomic E-state index is 13.2. The van der Waals surface area contributed by atoms with E-state index in [9.17, 15) is 19.2 Å². The van der Waals surface area contributed by atoms with Crippen LogP contribution in [0.2, 0.25) is 0 Å². The zero-order valence-electron chi connectivity index (χ0n) is 18.9. The number of piperidine rings is 1. The first-order valence-corrected chi connectivity index (χ1v) is 11.4. The first-order valence-electron chi connectivity index (χ1n) is 11.4. The molecule has 33 heavy (non-hydrogen) atoms. The fourth-order valence-electron chi connectivity index (χ4n) is 4.84. The van der Waals surface area contributed by atoms with Crippen molar-refractivity contribution in [2.24, 2.45) is 0 Å². The zero-order valence-corrected chi connectivity index (χ0v) is 18.9. The van der Waals surface area contributed by atoms with Crippen LogP contribution >= 0.6 is 0 Å². The summed E-state index contributed by atoms with van der Waals surface area (Å²) < 4.78 is 5.13. The van der Waals surface area contributed by atoms with Gasteiger partial charge in [-0.1, -0.05) is 36.8 Å². The van der Waals surface area contributed by atoms with Crippen LogP contribution in [0.5, 0.6) is 0 Å². The summed E-state index contributed by atoms with van der Waals surface area (Å²) in [7, 11) is 0. The van der Waals surface area contributed by atoms with Crippen LogP contribution in [0.1, 0.15) is 60.2 Å². The average molecular weight is 449 g/mol. The molecule has 2 fully saturated rings. The van der Waals surface area contributed by atoms with E-state index in [1.54, 1.807) is 42.5 Å². The van der Waals surface area contributed by atoms with Crippen molar-refractivity contribution in [2.45, 2.75) is 57.7 Å². The van der Waals surface area contributed by atoms with Crippen molar-refractivity contribution in [1.29, 1.82) is 0 Å². The number of carbonyl (C=O) groups is 4. The molecule has 2 aromatic carbocycles. The van der Waals surface area contributed by atoms with Gasteiger partial charge in [-0.05, 0) is 51.0 Å². The highest BCUT2D eigenvalue weighted by Gasteiger charge is 2.46. The minimum atomic E-state index is -0.640. The number of hydrogen-bond acceptors (Lipinski definition) is 6. The summed E-state index contributed by atoms with van der Waals surface area (Å²) in [6.45, 7) is 3.86. The molecule has 2 aromatic rings. The van der Waals surface area contributed by atoms with E-state index in [1.807, 2.05) is 0 Å². The van der Waals surface area contributed by atoms with Gasteiger partial charge in [-0.25, -0.2) is 9.69 Å². The van der Waals surface area contributed by atoms with Crippen molar-refractivity contribution >= 4 is 29.3 Å². The average Bonchev–Trinajstić information content (AvgIpc) is 3.11. The summed E-state index contributed by atoms with van der Waals surface area (Å²) in [5.74, 6) is -1.39. The summed E-state index contributed by atoms with van der Waals surface area (Å²) in [6.07, 6.45) is 3.34. The Labute approximate surface area is 193 Å². The predicted molar refractivity (Wildman–Crippen MR) is 123 cm³/mol. The monoisotopic (exact) mass is 448 g/mol. The van der Waals surface area contributed by atoms with Gasteiger partial charge in [0.1, 0.15) is 0 Å². The van der Waals surface area contributed by atoms with Gasteiger partial charge in [-0.15, -0.1) is 0 Å². The SMILES string of the molecule is C[C@@H]1CCC[C@H](C)N1C1CC(=O)N(c2ccc(C(=O)OCC(=O)c3ccccc3)cc2)C1=O. The van der Waals surface area contributed by atoms with Gasteiger partial charge in [0.25, 0.3) is 5.91 Å². The van der Waals surface area contributed by atoms with E-state index in [-0.39, 0.29) is 48.3 Å². The summed E-state index contributed by atoms with van der Waals surface area (Å²) >= 11 is 0. The van der Waals surface area contributed by atoms with Crippen molar-refractivity contribution in [3.8, 4) is 0 Å². The Kier molecular flexibility index (Phi) is 6.70. The Bertz CT molecular complexity index is 1040. The summed E-state index contributed by atoms with van der Waals surface area (Å²) in [5.41, 5.74) is 1.15. The van der Waals surface area contributed by atoms with Crippen LogP contribution < -0.4 is 4.90 Å². The van der Waals surface area contributed by atoms with Gasteiger partial charge in [-0.2, -0.15) is 0 Å². The molecule has 2 heterocycles.